The molecular formula is C18H29N5O2. The number of carbonyl (C=O) groups excluding carboxylic acids is 2. The third-order valence-corrected chi connectivity index (χ3v) is 5.08. The number of nitrogens with zero attached hydrogens (tertiary/aromatic N) is 4. The smallest absolute Gasteiger partial charge is 0.243 e. The molecule has 3 heterocycles. The molecule has 7 heteroatoms. The Bertz CT molecular complexity index is 621. The molecule has 1 aromatic heterocycles. The Labute approximate surface area is 149 Å². The van der Waals surface area contributed by atoms with E-state index < -0.39 is 6.04 Å². The van der Waals surface area contributed by atoms with Crippen molar-refractivity contribution in [3.05, 3.63) is 11.8 Å². The maximum absolute atomic E-state index is 12.7. The van der Waals surface area contributed by atoms with Crippen molar-refractivity contribution in [2.75, 3.05) is 31.1 Å². The summed E-state index contributed by atoms with van der Waals surface area (Å²) in [4.78, 5) is 29.2. The van der Waals surface area contributed by atoms with Crippen molar-refractivity contribution >= 4 is 17.6 Å². The molecule has 2 amide bonds. The monoisotopic (exact) mass is 347 g/mol. The van der Waals surface area contributed by atoms with E-state index in [1.807, 2.05) is 24.6 Å². The number of amides is 2. The second-order valence-corrected chi connectivity index (χ2v) is 7.00. The zero-order valence-corrected chi connectivity index (χ0v) is 15.3. The van der Waals surface area contributed by atoms with E-state index >= 15 is 0 Å². The van der Waals surface area contributed by atoms with Crippen LogP contribution in [0.5, 0.6) is 0 Å². The van der Waals surface area contributed by atoms with Crippen LogP contribution < -0.4 is 10.2 Å². The van der Waals surface area contributed by atoms with Gasteiger partial charge in [0.05, 0.1) is 12.2 Å². The summed E-state index contributed by atoms with van der Waals surface area (Å²) in [5.41, 5.74) is 0.871. The highest BCUT2D eigenvalue weighted by Crippen LogP contribution is 2.26. The van der Waals surface area contributed by atoms with Gasteiger partial charge in [-0.25, -0.2) is 4.68 Å². The minimum atomic E-state index is -0.463. The molecule has 7 nitrogen and oxygen atoms in total. The van der Waals surface area contributed by atoms with Crippen LogP contribution in [0.1, 0.15) is 44.7 Å². The molecule has 2 aliphatic heterocycles. The van der Waals surface area contributed by atoms with Crippen molar-refractivity contribution in [3.63, 3.8) is 0 Å². The Kier molecular flexibility index (Phi) is 5.73. The van der Waals surface area contributed by atoms with Gasteiger partial charge in [0.25, 0.3) is 0 Å². The predicted molar refractivity (Wildman–Crippen MR) is 96.4 cm³/mol. The molecule has 0 aliphatic carbocycles. The van der Waals surface area contributed by atoms with Crippen LogP contribution in [0, 0.1) is 6.92 Å². The molecule has 1 atom stereocenters. The SMILES string of the molecule is CCC(C(=O)NCCCN1CCCC1)N1C(=O)CCn2nc(C)cc21. The molecule has 1 saturated heterocycles. The Morgan fingerprint density at radius 1 is 1.32 bits per heavy atom. The Hall–Kier alpha value is -1.89. The van der Waals surface area contributed by atoms with Crippen LogP contribution in [0.3, 0.4) is 0 Å². The molecule has 138 valence electrons. The number of fused-ring (bicyclic) bond motifs is 1. The summed E-state index contributed by atoms with van der Waals surface area (Å²) in [6, 6.07) is 1.43. The summed E-state index contributed by atoms with van der Waals surface area (Å²) in [5.74, 6) is 0.684. The van der Waals surface area contributed by atoms with Crippen molar-refractivity contribution in [3.8, 4) is 0 Å². The van der Waals surface area contributed by atoms with E-state index in [1.54, 1.807) is 4.90 Å². The van der Waals surface area contributed by atoms with Gasteiger partial charge in [-0.2, -0.15) is 5.10 Å². The summed E-state index contributed by atoms with van der Waals surface area (Å²) >= 11 is 0. The van der Waals surface area contributed by atoms with Crippen molar-refractivity contribution in [1.29, 1.82) is 0 Å². The van der Waals surface area contributed by atoms with Gasteiger partial charge in [0.1, 0.15) is 11.9 Å². The highest BCUT2D eigenvalue weighted by Gasteiger charge is 2.34. The number of anilines is 1. The zero-order valence-electron chi connectivity index (χ0n) is 15.3. The van der Waals surface area contributed by atoms with Crippen molar-refractivity contribution in [2.45, 2.75) is 58.5 Å². The fourth-order valence-corrected chi connectivity index (χ4v) is 3.80. The second kappa shape index (κ2) is 7.99. The molecule has 1 unspecified atom stereocenters. The van der Waals surface area contributed by atoms with E-state index in [9.17, 15) is 9.59 Å². The van der Waals surface area contributed by atoms with E-state index in [1.165, 1.54) is 25.9 Å². The number of carbonyl (C=O) groups is 2. The topological polar surface area (TPSA) is 70.5 Å². The van der Waals surface area contributed by atoms with Crippen LogP contribution in [0.4, 0.5) is 5.82 Å². The molecule has 3 rings (SSSR count). The third-order valence-electron chi connectivity index (χ3n) is 5.08. The molecule has 0 saturated carbocycles. The van der Waals surface area contributed by atoms with Gasteiger partial charge in [0, 0.05) is 19.0 Å². The maximum atomic E-state index is 12.7. The van der Waals surface area contributed by atoms with E-state index in [0.29, 0.717) is 25.9 Å². The first-order chi connectivity index (χ1) is 12.1. The molecule has 2 aliphatic rings. The molecule has 25 heavy (non-hydrogen) atoms. The molecule has 0 bridgehead atoms. The molecule has 0 spiro atoms. The van der Waals surface area contributed by atoms with Gasteiger partial charge in [-0.15, -0.1) is 0 Å². The van der Waals surface area contributed by atoms with Gasteiger partial charge in [-0.3, -0.25) is 14.5 Å². The number of aromatic nitrogens is 2. The van der Waals surface area contributed by atoms with Crippen LogP contribution in [0.25, 0.3) is 0 Å². The number of rotatable bonds is 7. The van der Waals surface area contributed by atoms with Crippen LogP contribution in [-0.4, -0.2) is 58.7 Å². The zero-order chi connectivity index (χ0) is 17.8. The molecule has 1 fully saturated rings. The van der Waals surface area contributed by atoms with Gasteiger partial charge in [0.2, 0.25) is 11.8 Å². The minimum Gasteiger partial charge on any atom is -0.354 e. The molecule has 1 N–H and O–H groups in total. The third kappa shape index (κ3) is 4.03. The number of nitrogens with one attached hydrogen (secondary N) is 1. The average molecular weight is 347 g/mol. The normalized spacial score (nSPS) is 19.1. The van der Waals surface area contributed by atoms with E-state index in [4.69, 9.17) is 0 Å². The van der Waals surface area contributed by atoms with Crippen molar-refractivity contribution in [2.24, 2.45) is 0 Å². The summed E-state index contributed by atoms with van der Waals surface area (Å²) < 4.78 is 1.83. The molecular weight excluding hydrogens is 318 g/mol. The average Bonchev–Trinajstić information content (AvgIpc) is 3.23. The highest BCUT2D eigenvalue weighted by atomic mass is 16.2. The van der Waals surface area contributed by atoms with Gasteiger partial charge >= 0.3 is 0 Å². The lowest BCUT2D eigenvalue weighted by Crippen LogP contribution is -2.52. The van der Waals surface area contributed by atoms with Crippen LogP contribution in [-0.2, 0) is 16.1 Å². The van der Waals surface area contributed by atoms with Crippen molar-refractivity contribution < 1.29 is 9.59 Å². The Morgan fingerprint density at radius 3 is 2.80 bits per heavy atom. The summed E-state index contributed by atoms with van der Waals surface area (Å²) in [5, 5.41) is 7.44. The maximum Gasteiger partial charge on any atom is 0.243 e. The number of hydrogen-bond acceptors (Lipinski definition) is 4. The van der Waals surface area contributed by atoms with Gasteiger partial charge in [-0.1, -0.05) is 6.92 Å². The lowest BCUT2D eigenvalue weighted by molar-refractivity contribution is -0.127. The van der Waals surface area contributed by atoms with E-state index in [2.05, 4.69) is 15.3 Å². The largest absolute Gasteiger partial charge is 0.354 e. The predicted octanol–water partition coefficient (Wildman–Crippen LogP) is 1.31. The summed E-state index contributed by atoms with van der Waals surface area (Å²) in [7, 11) is 0. The number of aryl methyl sites for hydroxylation is 2. The van der Waals surface area contributed by atoms with Crippen LogP contribution in [0.15, 0.2) is 6.07 Å². The van der Waals surface area contributed by atoms with Crippen LogP contribution >= 0.6 is 0 Å². The van der Waals surface area contributed by atoms with Gasteiger partial charge < -0.3 is 10.2 Å². The lowest BCUT2D eigenvalue weighted by Gasteiger charge is -2.33. The molecule has 0 aromatic carbocycles. The second-order valence-electron chi connectivity index (χ2n) is 7.00. The minimum absolute atomic E-state index is 0.00599. The van der Waals surface area contributed by atoms with Gasteiger partial charge in [0.15, 0.2) is 0 Å². The summed E-state index contributed by atoms with van der Waals surface area (Å²) in [6.07, 6.45) is 4.51. The highest BCUT2D eigenvalue weighted by molar-refractivity contribution is 6.00. The van der Waals surface area contributed by atoms with E-state index in [-0.39, 0.29) is 11.8 Å². The Balaban J connectivity index is 1.58. The molecule has 1 aromatic rings. The van der Waals surface area contributed by atoms with Gasteiger partial charge in [-0.05, 0) is 52.2 Å². The lowest BCUT2D eigenvalue weighted by atomic mass is 10.1. The fourth-order valence-electron chi connectivity index (χ4n) is 3.80. The van der Waals surface area contributed by atoms with Crippen LogP contribution in [0.2, 0.25) is 0 Å². The molecule has 0 radical (unpaired) electrons. The first-order valence-corrected chi connectivity index (χ1v) is 9.46. The van der Waals surface area contributed by atoms with Crippen molar-refractivity contribution in [1.82, 2.24) is 20.0 Å². The first kappa shape index (κ1) is 17.9. The summed E-state index contributed by atoms with van der Waals surface area (Å²) in [6.45, 7) is 8.50. The first-order valence-electron chi connectivity index (χ1n) is 9.46. The fraction of sp³-hybridized carbons (Fsp3) is 0.722. The number of hydrogen-bond donors (Lipinski definition) is 1. The Morgan fingerprint density at radius 2 is 2.08 bits per heavy atom. The number of likely N-dealkylation sites (tertiary alicyclic amines) is 1. The standard InChI is InChI=1S/C18H29N5O2/c1-3-15(18(25)19-8-6-11-21-9-4-5-10-21)23-16-13-14(2)20-22(16)12-7-17(23)24/h13,15H,3-12H2,1-2H3,(H,19,25). The quantitative estimate of drug-likeness (QED) is 0.755. The van der Waals surface area contributed by atoms with E-state index in [0.717, 1.165) is 24.5 Å².